The number of halogens is 1. The number of hydrogen-bond acceptors (Lipinski definition) is 5. The average Bonchev–Trinajstić information content (AvgIpc) is 2.81. The minimum Gasteiger partial charge on any atom is -0.367 e. The number of sulfonamides is 1. The Morgan fingerprint density at radius 2 is 1.53 bits per heavy atom. The maximum absolute atomic E-state index is 14.0. The van der Waals surface area contributed by atoms with Gasteiger partial charge in [-0.2, -0.15) is 4.31 Å². The van der Waals surface area contributed by atoms with Crippen molar-refractivity contribution >= 4 is 27.3 Å². The molecule has 0 unspecified atom stereocenters. The number of piperazine rings is 1. The first kappa shape index (κ1) is 22.7. The van der Waals surface area contributed by atoms with Crippen molar-refractivity contribution in [3.63, 3.8) is 0 Å². The SMILES string of the molecule is O=C(CN1CCN(c2ccccc2F)CC1)Nc1ccc(S(=O)(=O)N2CCCCC2)cc1. The van der Waals surface area contributed by atoms with E-state index < -0.39 is 10.0 Å². The van der Waals surface area contributed by atoms with E-state index in [1.54, 1.807) is 36.4 Å². The highest BCUT2D eigenvalue weighted by atomic mass is 32.2. The van der Waals surface area contributed by atoms with Crippen LogP contribution in [0.25, 0.3) is 0 Å². The molecule has 172 valence electrons. The van der Waals surface area contributed by atoms with Crippen molar-refractivity contribution in [2.45, 2.75) is 24.2 Å². The van der Waals surface area contributed by atoms with E-state index in [0.29, 0.717) is 50.6 Å². The van der Waals surface area contributed by atoms with Crippen molar-refractivity contribution in [3.8, 4) is 0 Å². The zero-order chi connectivity index (χ0) is 22.6. The van der Waals surface area contributed by atoms with Crippen LogP contribution in [0.3, 0.4) is 0 Å². The third-order valence-electron chi connectivity index (χ3n) is 6.02. The first-order valence-electron chi connectivity index (χ1n) is 11.1. The number of hydrogen-bond donors (Lipinski definition) is 1. The molecule has 0 bridgehead atoms. The highest BCUT2D eigenvalue weighted by Gasteiger charge is 2.26. The zero-order valence-electron chi connectivity index (χ0n) is 18.0. The predicted molar refractivity (Wildman–Crippen MR) is 123 cm³/mol. The van der Waals surface area contributed by atoms with Gasteiger partial charge in [-0.25, -0.2) is 12.8 Å². The number of nitrogens with zero attached hydrogens (tertiary/aromatic N) is 3. The Hall–Kier alpha value is -2.49. The molecule has 2 aromatic carbocycles. The van der Waals surface area contributed by atoms with Gasteiger partial charge in [-0.1, -0.05) is 18.6 Å². The van der Waals surface area contributed by atoms with E-state index in [0.717, 1.165) is 19.3 Å². The predicted octanol–water partition coefficient (Wildman–Crippen LogP) is 2.76. The van der Waals surface area contributed by atoms with Gasteiger partial charge in [0.25, 0.3) is 0 Å². The first-order valence-corrected chi connectivity index (χ1v) is 12.5. The quantitative estimate of drug-likeness (QED) is 0.718. The lowest BCUT2D eigenvalue weighted by atomic mass is 10.2. The van der Waals surface area contributed by atoms with E-state index in [2.05, 4.69) is 5.32 Å². The molecule has 0 radical (unpaired) electrons. The van der Waals surface area contributed by atoms with Gasteiger partial charge in [-0.3, -0.25) is 9.69 Å². The van der Waals surface area contributed by atoms with Gasteiger partial charge in [0.2, 0.25) is 15.9 Å². The lowest BCUT2D eigenvalue weighted by Crippen LogP contribution is -2.48. The molecule has 2 aliphatic heterocycles. The van der Waals surface area contributed by atoms with Crippen molar-refractivity contribution in [2.24, 2.45) is 0 Å². The Labute approximate surface area is 188 Å². The maximum atomic E-state index is 14.0. The molecule has 0 spiro atoms. The largest absolute Gasteiger partial charge is 0.367 e. The van der Waals surface area contributed by atoms with E-state index >= 15 is 0 Å². The Morgan fingerprint density at radius 3 is 2.19 bits per heavy atom. The third kappa shape index (κ3) is 5.28. The molecule has 1 N–H and O–H groups in total. The highest BCUT2D eigenvalue weighted by Crippen LogP contribution is 2.22. The highest BCUT2D eigenvalue weighted by molar-refractivity contribution is 7.89. The normalized spacial score (nSPS) is 18.5. The minimum absolute atomic E-state index is 0.157. The van der Waals surface area contributed by atoms with Crippen LogP contribution in [0.4, 0.5) is 15.8 Å². The van der Waals surface area contributed by atoms with Crippen LogP contribution in [-0.2, 0) is 14.8 Å². The van der Waals surface area contributed by atoms with Crippen molar-refractivity contribution in [2.75, 3.05) is 56.0 Å². The van der Waals surface area contributed by atoms with Crippen LogP contribution in [0.1, 0.15) is 19.3 Å². The second-order valence-corrected chi connectivity index (χ2v) is 10.2. The van der Waals surface area contributed by atoms with Crippen LogP contribution in [0.15, 0.2) is 53.4 Å². The van der Waals surface area contributed by atoms with Gasteiger partial charge in [0.1, 0.15) is 5.82 Å². The van der Waals surface area contributed by atoms with Crippen LogP contribution in [0.2, 0.25) is 0 Å². The molecule has 2 aliphatic rings. The van der Waals surface area contributed by atoms with Gasteiger partial charge in [0, 0.05) is 45.0 Å². The summed E-state index contributed by atoms with van der Waals surface area (Å²) in [5.74, 6) is -0.388. The fourth-order valence-corrected chi connectivity index (χ4v) is 5.74. The number of piperidine rings is 1. The van der Waals surface area contributed by atoms with E-state index in [4.69, 9.17) is 0 Å². The van der Waals surface area contributed by atoms with Gasteiger partial charge in [0.05, 0.1) is 17.1 Å². The zero-order valence-corrected chi connectivity index (χ0v) is 18.9. The van der Waals surface area contributed by atoms with Crippen LogP contribution >= 0.6 is 0 Å². The number of benzene rings is 2. The summed E-state index contributed by atoms with van der Waals surface area (Å²) in [6, 6.07) is 13.1. The fraction of sp³-hybridized carbons (Fsp3) is 0.435. The molecule has 7 nitrogen and oxygen atoms in total. The van der Waals surface area contributed by atoms with Gasteiger partial charge in [0.15, 0.2) is 0 Å². The summed E-state index contributed by atoms with van der Waals surface area (Å²) in [6.07, 6.45) is 2.85. The number of rotatable bonds is 6. The van der Waals surface area contributed by atoms with E-state index in [-0.39, 0.29) is 23.2 Å². The number of anilines is 2. The minimum atomic E-state index is -3.48. The number of para-hydroxylation sites is 1. The first-order chi connectivity index (χ1) is 15.4. The number of carbonyl (C=O) groups excluding carboxylic acids is 1. The Kier molecular flexibility index (Phi) is 7.07. The van der Waals surface area contributed by atoms with Crippen molar-refractivity contribution in [1.29, 1.82) is 0 Å². The maximum Gasteiger partial charge on any atom is 0.243 e. The molecular weight excluding hydrogens is 431 g/mol. The van der Waals surface area contributed by atoms with Crippen LogP contribution in [0.5, 0.6) is 0 Å². The van der Waals surface area contributed by atoms with Crippen molar-refractivity contribution < 1.29 is 17.6 Å². The lowest BCUT2D eigenvalue weighted by molar-refractivity contribution is -0.117. The molecule has 0 saturated carbocycles. The summed E-state index contributed by atoms with van der Waals surface area (Å²) in [6.45, 7) is 3.98. The van der Waals surface area contributed by atoms with Crippen molar-refractivity contribution in [1.82, 2.24) is 9.21 Å². The average molecular weight is 461 g/mol. The molecule has 2 fully saturated rings. The summed E-state index contributed by atoms with van der Waals surface area (Å²) in [7, 11) is -3.48. The van der Waals surface area contributed by atoms with Gasteiger partial charge >= 0.3 is 0 Å². The molecule has 2 aromatic rings. The van der Waals surface area contributed by atoms with Gasteiger partial charge < -0.3 is 10.2 Å². The smallest absolute Gasteiger partial charge is 0.243 e. The summed E-state index contributed by atoms with van der Waals surface area (Å²) in [5.41, 5.74) is 1.16. The van der Waals surface area contributed by atoms with Crippen LogP contribution in [0, 0.1) is 5.82 Å². The lowest BCUT2D eigenvalue weighted by Gasteiger charge is -2.35. The standard InChI is InChI=1S/C23H29FN4O3S/c24-21-6-2-3-7-22(21)27-16-14-26(15-17-27)18-23(29)25-19-8-10-20(11-9-19)32(30,31)28-12-4-1-5-13-28/h2-3,6-11H,1,4-5,12-18H2,(H,25,29). The van der Waals surface area contributed by atoms with E-state index in [1.807, 2.05) is 15.9 Å². The summed E-state index contributed by atoms with van der Waals surface area (Å²) >= 11 is 0. The van der Waals surface area contributed by atoms with Crippen LogP contribution in [-0.4, -0.2) is 69.3 Å². The van der Waals surface area contributed by atoms with Gasteiger partial charge in [-0.05, 0) is 49.2 Å². The van der Waals surface area contributed by atoms with Crippen LogP contribution < -0.4 is 10.2 Å². The van der Waals surface area contributed by atoms with Gasteiger partial charge in [-0.15, -0.1) is 0 Å². The molecule has 0 atom stereocenters. The molecule has 32 heavy (non-hydrogen) atoms. The molecule has 2 saturated heterocycles. The van der Waals surface area contributed by atoms with E-state index in [9.17, 15) is 17.6 Å². The Bertz CT molecular complexity index is 1030. The number of amides is 1. The summed E-state index contributed by atoms with van der Waals surface area (Å²) in [4.78, 5) is 16.7. The molecule has 9 heteroatoms. The summed E-state index contributed by atoms with van der Waals surface area (Å²) < 4.78 is 41.0. The monoisotopic (exact) mass is 460 g/mol. The molecule has 2 heterocycles. The molecule has 0 aromatic heterocycles. The number of carbonyl (C=O) groups is 1. The Balaban J connectivity index is 1.28. The molecule has 1 amide bonds. The molecule has 0 aliphatic carbocycles. The Morgan fingerprint density at radius 1 is 0.875 bits per heavy atom. The number of nitrogens with one attached hydrogen (secondary N) is 1. The topological polar surface area (TPSA) is 73.0 Å². The van der Waals surface area contributed by atoms with Crippen molar-refractivity contribution in [3.05, 3.63) is 54.3 Å². The second-order valence-electron chi connectivity index (χ2n) is 8.25. The van der Waals surface area contributed by atoms with E-state index in [1.165, 1.54) is 10.4 Å². The second kappa shape index (κ2) is 9.97. The fourth-order valence-electron chi connectivity index (χ4n) is 4.22. The molecule has 4 rings (SSSR count). The summed E-state index contributed by atoms with van der Waals surface area (Å²) in [5, 5.41) is 2.84. The third-order valence-corrected chi connectivity index (χ3v) is 7.94. The molecular formula is C23H29FN4O3S.